The van der Waals surface area contributed by atoms with Crippen LogP contribution >= 0.6 is 11.3 Å². The predicted octanol–water partition coefficient (Wildman–Crippen LogP) is 2.55. The molecule has 24 heavy (non-hydrogen) atoms. The molecule has 6 heteroatoms. The predicted molar refractivity (Wildman–Crippen MR) is 96.1 cm³/mol. The quantitative estimate of drug-likeness (QED) is 0.750. The normalized spacial score (nSPS) is 17.1. The van der Waals surface area contributed by atoms with Crippen LogP contribution in [-0.2, 0) is 19.5 Å². The first-order valence-electron chi connectivity index (χ1n) is 8.23. The molecule has 0 radical (unpaired) electrons. The second-order valence-corrected chi connectivity index (χ2v) is 7.50. The third-order valence-corrected chi connectivity index (χ3v) is 5.77. The largest absolute Gasteiger partial charge is 0.365 e. The van der Waals surface area contributed by atoms with E-state index >= 15 is 0 Å². The number of benzene rings is 1. The Morgan fingerprint density at radius 1 is 1.42 bits per heavy atom. The van der Waals surface area contributed by atoms with Gasteiger partial charge >= 0.3 is 0 Å². The van der Waals surface area contributed by atoms with Gasteiger partial charge in [0.1, 0.15) is 0 Å². The molecule has 0 spiro atoms. The molecule has 3 heterocycles. The highest BCUT2D eigenvalue weighted by Crippen LogP contribution is 2.26. The number of carbonyl (C=O) groups is 1. The van der Waals surface area contributed by atoms with Gasteiger partial charge in [-0.2, -0.15) is 5.10 Å². The average molecular weight is 340 g/mol. The number of nitrogens with zero attached hydrogens (tertiary/aromatic N) is 2. The molecular formula is C18H20N4OS. The fourth-order valence-corrected chi connectivity index (χ4v) is 4.44. The number of fused-ring (bicyclic) bond motifs is 2. The van der Waals surface area contributed by atoms with E-state index in [1.54, 1.807) is 6.20 Å². The molecule has 0 unspecified atom stereocenters. The SMILES string of the molecule is NC(=O)c1cnn2c1C[C@H](CNCc1cc3ccccc3s1)CC2. The maximum Gasteiger partial charge on any atom is 0.252 e. The lowest BCUT2D eigenvalue weighted by atomic mass is 9.94. The van der Waals surface area contributed by atoms with Crippen molar-refractivity contribution in [2.24, 2.45) is 11.7 Å². The highest BCUT2D eigenvalue weighted by molar-refractivity contribution is 7.19. The van der Waals surface area contributed by atoms with Crippen molar-refractivity contribution in [3.05, 3.63) is 52.7 Å². The summed E-state index contributed by atoms with van der Waals surface area (Å²) in [5.41, 5.74) is 7.00. The summed E-state index contributed by atoms with van der Waals surface area (Å²) in [5, 5.41) is 9.14. The molecule has 1 aliphatic rings. The van der Waals surface area contributed by atoms with Crippen molar-refractivity contribution >= 4 is 27.3 Å². The molecule has 1 amide bonds. The van der Waals surface area contributed by atoms with Gasteiger partial charge < -0.3 is 11.1 Å². The van der Waals surface area contributed by atoms with Crippen LogP contribution in [0.15, 0.2) is 36.5 Å². The summed E-state index contributed by atoms with van der Waals surface area (Å²) in [6.45, 7) is 2.69. The summed E-state index contributed by atoms with van der Waals surface area (Å²) in [7, 11) is 0. The van der Waals surface area contributed by atoms with Gasteiger partial charge in [0.2, 0.25) is 0 Å². The minimum atomic E-state index is -0.380. The molecular weight excluding hydrogens is 320 g/mol. The Morgan fingerprint density at radius 3 is 3.12 bits per heavy atom. The Kier molecular flexibility index (Phi) is 4.08. The van der Waals surface area contributed by atoms with Gasteiger partial charge in [-0.05, 0) is 42.8 Å². The van der Waals surface area contributed by atoms with Gasteiger partial charge in [0.25, 0.3) is 5.91 Å². The van der Waals surface area contributed by atoms with E-state index < -0.39 is 0 Å². The zero-order valence-corrected chi connectivity index (χ0v) is 14.2. The number of hydrogen-bond donors (Lipinski definition) is 2. The van der Waals surface area contributed by atoms with Crippen LogP contribution in [0.2, 0.25) is 0 Å². The van der Waals surface area contributed by atoms with Crippen LogP contribution in [0.4, 0.5) is 0 Å². The number of carbonyl (C=O) groups excluding carboxylic acids is 1. The summed E-state index contributed by atoms with van der Waals surface area (Å²) in [6.07, 6.45) is 3.54. The number of aryl methyl sites for hydroxylation is 1. The molecule has 3 aromatic rings. The summed E-state index contributed by atoms with van der Waals surface area (Å²) >= 11 is 1.84. The Hall–Kier alpha value is -2.18. The van der Waals surface area contributed by atoms with Gasteiger partial charge in [0.15, 0.2) is 0 Å². The number of rotatable bonds is 5. The Bertz CT molecular complexity index is 849. The van der Waals surface area contributed by atoms with E-state index in [-0.39, 0.29) is 5.91 Å². The van der Waals surface area contributed by atoms with E-state index in [9.17, 15) is 4.79 Å². The lowest BCUT2D eigenvalue weighted by Crippen LogP contribution is -2.30. The van der Waals surface area contributed by atoms with Gasteiger partial charge in [-0.15, -0.1) is 11.3 Å². The maximum atomic E-state index is 11.5. The smallest absolute Gasteiger partial charge is 0.252 e. The van der Waals surface area contributed by atoms with Gasteiger partial charge in [-0.1, -0.05) is 18.2 Å². The molecule has 2 aromatic heterocycles. The Morgan fingerprint density at radius 2 is 2.29 bits per heavy atom. The summed E-state index contributed by atoms with van der Waals surface area (Å²) < 4.78 is 3.25. The Labute approximate surface area is 144 Å². The van der Waals surface area contributed by atoms with Crippen molar-refractivity contribution in [1.82, 2.24) is 15.1 Å². The second kappa shape index (κ2) is 6.37. The van der Waals surface area contributed by atoms with E-state index in [1.807, 2.05) is 16.0 Å². The fourth-order valence-electron chi connectivity index (χ4n) is 3.40. The third-order valence-electron chi connectivity index (χ3n) is 4.65. The van der Waals surface area contributed by atoms with Crippen molar-refractivity contribution < 1.29 is 4.79 Å². The van der Waals surface area contributed by atoms with E-state index in [1.165, 1.54) is 15.0 Å². The van der Waals surface area contributed by atoms with Crippen LogP contribution < -0.4 is 11.1 Å². The van der Waals surface area contributed by atoms with E-state index in [4.69, 9.17) is 5.73 Å². The van der Waals surface area contributed by atoms with Gasteiger partial charge in [-0.3, -0.25) is 9.48 Å². The number of aromatic nitrogens is 2. The second-order valence-electron chi connectivity index (χ2n) is 6.33. The van der Waals surface area contributed by atoms with E-state index in [2.05, 4.69) is 40.7 Å². The molecule has 1 aliphatic heterocycles. The zero-order chi connectivity index (χ0) is 16.5. The highest BCUT2D eigenvalue weighted by atomic mass is 32.1. The molecule has 0 fully saturated rings. The molecule has 124 valence electrons. The van der Waals surface area contributed by atoms with Crippen molar-refractivity contribution in [3.8, 4) is 0 Å². The first-order valence-corrected chi connectivity index (χ1v) is 9.05. The lowest BCUT2D eigenvalue weighted by Gasteiger charge is -2.24. The van der Waals surface area contributed by atoms with Gasteiger partial charge in [0.05, 0.1) is 17.5 Å². The first-order chi connectivity index (χ1) is 11.7. The molecule has 5 nitrogen and oxygen atoms in total. The lowest BCUT2D eigenvalue weighted by molar-refractivity contribution is 0.0998. The van der Waals surface area contributed by atoms with Crippen LogP contribution in [0.1, 0.15) is 27.3 Å². The maximum absolute atomic E-state index is 11.5. The third kappa shape index (κ3) is 2.95. The molecule has 3 N–H and O–H groups in total. The summed E-state index contributed by atoms with van der Waals surface area (Å²) in [5.74, 6) is 0.136. The van der Waals surface area contributed by atoms with Crippen LogP contribution in [0.25, 0.3) is 10.1 Å². The standard InChI is InChI=1S/C18H20N4OS/c19-18(23)15-11-21-22-6-5-12(7-16(15)22)9-20-10-14-8-13-3-1-2-4-17(13)24-14/h1-4,8,11-12,20H,5-7,9-10H2,(H2,19,23)/t12-/m1/s1. The fraction of sp³-hybridized carbons (Fsp3) is 0.333. The average Bonchev–Trinajstić information content (AvgIpc) is 3.17. The molecule has 4 rings (SSSR count). The van der Waals surface area contributed by atoms with Crippen LogP contribution in [0.5, 0.6) is 0 Å². The molecule has 1 aromatic carbocycles. The van der Waals surface area contributed by atoms with E-state index in [0.717, 1.165) is 38.2 Å². The van der Waals surface area contributed by atoms with Crippen LogP contribution in [0.3, 0.4) is 0 Å². The molecule has 1 atom stereocenters. The molecule has 0 bridgehead atoms. The van der Waals surface area contributed by atoms with Crippen molar-refractivity contribution in [1.29, 1.82) is 0 Å². The van der Waals surface area contributed by atoms with Crippen LogP contribution in [-0.4, -0.2) is 22.2 Å². The summed E-state index contributed by atoms with van der Waals surface area (Å²) in [6, 6.07) is 10.7. The number of thiophene rings is 1. The first kappa shape index (κ1) is 15.4. The molecule has 0 aliphatic carbocycles. The topological polar surface area (TPSA) is 72.9 Å². The van der Waals surface area contributed by atoms with Crippen molar-refractivity contribution in [3.63, 3.8) is 0 Å². The zero-order valence-electron chi connectivity index (χ0n) is 13.4. The summed E-state index contributed by atoms with van der Waals surface area (Å²) in [4.78, 5) is 12.8. The number of nitrogens with one attached hydrogen (secondary N) is 1. The molecule has 0 saturated carbocycles. The monoisotopic (exact) mass is 340 g/mol. The minimum Gasteiger partial charge on any atom is -0.365 e. The number of amides is 1. The highest BCUT2D eigenvalue weighted by Gasteiger charge is 2.24. The van der Waals surface area contributed by atoms with E-state index in [0.29, 0.717) is 11.5 Å². The van der Waals surface area contributed by atoms with Gasteiger partial charge in [0, 0.05) is 22.7 Å². The number of hydrogen-bond acceptors (Lipinski definition) is 4. The Balaban J connectivity index is 1.36. The molecule has 0 saturated heterocycles. The number of primary amides is 1. The van der Waals surface area contributed by atoms with Gasteiger partial charge in [-0.25, -0.2) is 0 Å². The van der Waals surface area contributed by atoms with Crippen molar-refractivity contribution in [2.75, 3.05) is 6.54 Å². The van der Waals surface area contributed by atoms with Crippen molar-refractivity contribution in [2.45, 2.75) is 25.9 Å². The van der Waals surface area contributed by atoms with Crippen LogP contribution in [0, 0.1) is 5.92 Å². The minimum absolute atomic E-state index is 0.380. The number of nitrogens with two attached hydrogens (primary N) is 1.